The number of carbonyl (C=O) groups excluding carboxylic acids is 1. The smallest absolute Gasteiger partial charge is 0.261 e. The number of nitrogens with one attached hydrogen (secondary N) is 1. The highest BCUT2D eigenvalue weighted by atomic mass is 35.5. The molecule has 0 radical (unpaired) electrons. The van der Waals surface area contributed by atoms with Crippen LogP contribution in [0.2, 0.25) is 5.02 Å². The van der Waals surface area contributed by atoms with E-state index in [0.29, 0.717) is 17.2 Å². The Bertz CT molecular complexity index is 673. The highest BCUT2D eigenvalue weighted by Gasteiger charge is 2.20. The van der Waals surface area contributed by atoms with Crippen LogP contribution in [0.1, 0.15) is 31.9 Å². The fourth-order valence-corrected chi connectivity index (χ4v) is 2.49. The van der Waals surface area contributed by atoms with Gasteiger partial charge in [-0.15, -0.1) is 0 Å². The highest BCUT2D eigenvalue weighted by molar-refractivity contribution is 6.30. The highest BCUT2D eigenvalue weighted by Crippen LogP contribution is 2.20. The van der Waals surface area contributed by atoms with Crippen molar-refractivity contribution in [3.05, 3.63) is 59.1 Å². The van der Waals surface area contributed by atoms with Crippen LogP contribution in [0.3, 0.4) is 0 Å². The van der Waals surface area contributed by atoms with Crippen molar-refractivity contribution in [3.63, 3.8) is 0 Å². The Morgan fingerprint density at radius 3 is 2.46 bits per heavy atom. The predicted octanol–water partition coefficient (Wildman–Crippen LogP) is 4.38. The third-order valence-corrected chi connectivity index (χ3v) is 3.95. The Hall–Kier alpha value is -2.20. The summed E-state index contributed by atoms with van der Waals surface area (Å²) in [5.41, 5.74) is 1.00. The van der Waals surface area contributed by atoms with E-state index in [1.807, 2.05) is 38.1 Å². The summed E-state index contributed by atoms with van der Waals surface area (Å²) in [6, 6.07) is 14.5. The lowest BCUT2D eigenvalue weighted by Gasteiger charge is -2.21. The minimum Gasteiger partial charge on any atom is -0.497 e. The predicted molar refractivity (Wildman–Crippen MR) is 95.7 cm³/mol. The molecule has 0 aliphatic rings. The molecule has 128 valence electrons. The van der Waals surface area contributed by atoms with Crippen LogP contribution in [0.15, 0.2) is 48.5 Å². The van der Waals surface area contributed by atoms with Crippen molar-refractivity contribution in [3.8, 4) is 11.5 Å². The van der Waals surface area contributed by atoms with Gasteiger partial charge in [0.05, 0.1) is 13.2 Å². The molecule has 0 fully saturated rings. The fourth-order valence-electron chi connectivity index (χ4n) is 2.31. The number of halogens is 1. The van der Waals surface area contributed by atoms with Crippen molar-refractivity contribution in [2.75, 3.05) is 7.11 Å². The Morgan fingerprint density at radius 2 is 1.88 bits per heavy atom. The van der Waals surface area contributed by atoms with E-state index >= 15 is 0 Å². The average Bonchev–Trinajstić information content (AvgIpc) is 2.59. The number of amides is 1. The van der Waals surface area contributed by atoms with E-state index in [0.717, 1.165) is 11.3 Å². The minimum atomic E-state index is -0.566. The van der Waals surface area contributed by atoms with Gasteiger partial charge < -0.3 is 14.8 Å². The summed E-state index contributed by atoms with van der Waals surface area (Å²) in [6.07, 6.45) is -0.00241. The molecule has 4 nitrogen and oxygen atoms in total. The van der Waals surface area contributed by atoms with E-state index in [4.69, 9.17) is 21.1 Å². The zero-order valence-electron chi connectivity index (χ0n) is 14.1. The quantitative estimate of drug-likeness (QED) is 0.808. The van der Waals surface area contributed by atoms with Crippen molar-refractivity contribution in [2.45, 2.75) is 32.4 Å². The number of hydrogen-bond donors (Lipinski definition) is 1. The Morgan fingerprint density at radius 1 is 1.17 bits per heavy atom. The summed E-state index contributed by atoms with van der Waals surface area (Å²) in [5.74, 6) is 1.22. The zero-order chi connectivity index (χ0) is 17.5. The third-order valence-electron chi connectivity index (χ3n) is 3.71. The first-order valence-electron chi connectivity index (χ1n) is 7.90. The average molecular weight is 348 g/mol. The maximum absolute atomic E-state index is 12.5. The van der Waals surface area contributed by atoms with Crippen LogP contribution in [-0.2, 0) is 4.79 Å². The molecular weight excluding hydrogens is 326 g/mol. The summed E-state index contributed by atoms with van der Waals surface area (Å²) in [6.45, 7) is 3.85. The van der Waals surface area contributed by atoms with Gasteiger partial charge >= 0.3 is 0 Å². The van der Waals surface area contributed by atoms with Crippen molar-refractivity contribution in [1.82, 2.24) is 5.32 Å². The molecule has 0 aliphatic carbocycles. The van der Waals surface area contributed by atoms with E-state index in [9.17, 15) is 4.79 Å². The van der Waals surface area contributed by atoms with E-state index in [2.05, 4.69) is 5.32 Å². The second kappa shape index (κ2) is 8.60. The van der Waals surface area contributed by atoms with E-state index in [-0.39, 0.29) is 11.9 Å². The number of ether oxygens (including phenoxy) is 2. The molecule has 5 heteroatoms. The van der Waals surface area contributed by atoms with Gasteiger partial charge in [0.2, 0.25) is 0 Å². The molecule has 0 aliphatic heterocycles. The van der Waals surface area contributed by atoms with Crippen LogP contribution in [0.4, 0.5) is 0 Å². The van der Waals surface area contributed by atoms with Gasteiger partial charge in [-0.3, -0.25) is 4.79 Å². The standard InChI is InChI=1S/C19H22ClNO3/c1-4-18(24-17-7-5-6-15(20)12-17)19(22)21-13(2)14-8-10-16(23-3)11-9-14/h5-13,18H,4H2,1-3H3,(H,21,22)/t13-,18-/m1/s1. The minimum absolute atomic E-state index is 0.125. The zero-order valence-corrected chi connectivity index (χ0v) is 14.8. The molecule has 0 bridgehead atoms. The molecule has 2 aromatic rings. The largest absolute Gasteiger partial charge is 0.497 e. The number of rotatable bonds is 7. The second-order valence-corrected chi connectivity index (χ2v) is 5.91. The Labute approximate surface area is 147 Å². The monoisotopic (exact) mass is 347 g/mol. The van der Waals surface area contributed by atoms with Crippen molar-refractivity contribution in [2.24, 2.45) is 0 Å². The van der Waals surface area contributed by atoms with Crippen molar-refractivity contribution in [1.29, 1.82) is 0 Å². The van der Waals surface area contributed by atoms with Crippen LogP contribution in [0, 0.1) is 0 Å². The second-order valence-electron chi connectivity index (χ2n) is 5.48. The Kier molecular flexibility index (Phi) is 6.50. The molecule has 2 rings (SSSR count). The number of hydrogen-bond acceptors (Lipinski definition) is 3. The molecule has 1 N–H and O–H groups in total. The molecule has 2 aromatic carbocycles. The van der Waals surface area contributed by atoms with Gasteiger partial charge in [0.1, 0.15) is 11.5 Å². The van der Waals surface area contributed by atoms with Crippen LogP contribution in [0.25, 0.3) is 0 Å². The van der Waals surface area contributed by atoms with Gasteiger partial charge in [-0.2, -0.15) is 0 Å². The third kappa shape index (κ3) is 4.90. The van der Waals surface area contributed by atoms with Crippen LogP contribution >= 0.6 is 11.6 Å². The van der Waals surface area contributed by atoms with Crippen LogP contribution in [-0.4, -0.2) is 19.1 Å². The molecule has 0 unspecified atom stereocenters. The summed E-state index contributed by atoms with van der Waals surface area (Å²) >= 11 is 5.95. The van der Waals surface area contributed by atoms with Crippen LogP contribution < -0.4 is 14.8 Å². The summed E-state index contributed by atoms with van der Waals surface area (Å²) in [5, 5.41) is 3.56. The first kappa shape index (κ1) is 18.1. The fraction of sp³-hybridized carbons (Fsp3) is 0.316. The first-order chi connectivity index (χ1) is 11.5. The number of methoxy groups -OCH3 is 1. The molecule has 0 aromatic heterocycles. The number of carbonyl (C=O) groups is 1. The first-order valence-corrected chi connectivity index (χ1v) is 8.27. The van der Waals surface area contributed by atoms with Crippen molar-refractivity contribution >= 4 is 17.5 Å². The topological polar surface area (TPSA) is 47.6 Å². The summed E-state index contributed by atoms with van der Waals surface area (Å²) < 4.78 is 10.9. The maximum Gasteiger partial charge on any atom is 0.261 e. The summed E-state index contributed by atoms with van der Waals surface area (Å²) in [4.78, 5) is 12.5. The van der Waals surface area contributed by atoms with Gasteiger partial charge in [-0.05, 0) is 49.2 Å². The SMILES string of the molecule is CC[C@@H](Oc1cccc(Cl)c1)C(=O)N[C@H](C)c1ccc(OC)cc1. The van der Waals surface area contributed by atoms with E-state index < -0.39 is 6.10 Å². The van der Waals surface area contributed by atoms with E-state index in [1.165, 1.54) is 0 Å². The lowest BCUT2D eigenvalue weighted by atomic mass is 10.1. The van der Waals surface area contributed by atoms with Crippen molar-refractivity contribution < 1.29 is 14.3 Å². The molecule has 1 amide bonds. The number of benzene rings is 2. The van der Waals surface area contributed by atoms with Gasteiger partial charge in [0.15, 0.2) is 6.10 Å². The molecule has 0 spiro atoms. The van der Waals surface area contributed by atoms with Crippen LogP contribution in [0.5, 0.6) is 11.5 Å². The van der Waals surface area contributed by atoms with Gasteiger partial charge in [-0.25, -0.2) is 0 Å². The molecule has 0 saturated heterocycles. The molecule has 2 atom stereocenters. The van der Waals surface area contributed by atoms with Gasteiger partial charge in [-0.1, -0.05) is 36.7 Å². The maximum atomic E-state index is 12.5. The lowest BCUT2D eigenvalue weighted by Crippen LogP contribution is -2.39. The molecule has 24 heavy (non-hydrogen) atoms. The van der Waals surface area contributed by atoms with Gasteiger partial charge in [0, 0.05) is 5.02 Å². The van der Waals surface area contributed by atoms with E-state index in [1.54, 1.807) is 31.4 Å². The lowest BCUT2D eigenvalue weighted by molar-refractivity contribution is -0.128. The Balaban J connectivity index is 1.99. The normalized spacial score (nSPS) is 13.0. The molecule has 0 heterocycles. The summed E-state index contributed by atoms with van der Waals surface area (Å²) in [7, 11) is 1.62. The molecule has 0 saturated carbocycles. The molecular formula is C19H22ClNO3. The van der Waals surface area contributed by atoms with Gasteiger partial charge in [0.25, 0.3) is 5.91 Å².